The second kappa shape index (κ2) is 6.62. The summed E-state index contributed by atoms with van der Waals surface area (Å²) in [6.45, 7) is 0.0474. The monoisotopic (exact) mass is 363 g/mol. The minimum Gasteiger partial charge on any atom is -0.420 e. The number of aliphatic hydroxyl groups excluding tert-OH is 1. The molecule has 0 bridgehead atoms. The van der Waals surface area contributed by atoms with Crippen molar-refractivity contribution in [2.24, 2.45) is 5.73 Å². The minimum atomic E-state index is -0.440. The maximum Gasteiger partial charge on any atom is 0.282 e. The summed E-state index contributed by atoms with van der Waals surface area (Å²) in [5.74, 6) is -0.440. The number of fused-ring (bicyclic) bond motifs is 1. The number of aliphatic hydroxyl groups is 1. The number of para-hydroxylation sites is 1. The van der Waals surface area contributed by atoms with E-state index in [4.69, 9.17) is 5.73 Å². The Balaban J connectivity index is 1.74. The molecule has 3 heterocycles. The van der Waals surface area contributed by atoms with E-state index in [2.05, 4.69) is 9.97 Å². The highest BCUT2D eigenvalue weighted by atomic mass is 32.1. The predicted octanol–water partition coefficient (Wildman–Crippen LogP) is 2.15. The number of benzene rings is 1. The molecule has 130 valence electrons. The van der Waals surface area contributed by atoms with Gasteiger partial charge in [0.2, 0.25) is 11.6 Å². The van der Waals surface area contributed by atoms with E-state index in [9.17, 15) is 9.90 Å². The summed E-state index contributed by atoms with van der Waals surface area (Å²) in [6.07, 6.45) is 5.23. The molecule has 0 spiro atoms. The molecule has 4 rings (SSSR count). The number of nitrogens with two attached hydrogens (primary N) is 1. The summed E-state index contributed by atoms with van der Waals surface area (Å²) < 4.78 is 1.73. The molecule has 0 radical (unpaired) electrons. The van der Waals surface area contributed by atoms with Crippen LogP contribution in [0.15, 0.2) is 60.4 Å². The van der Waals surface area contributed by atoms with Crippen LogP contribution in [0.2, 0.25) is 0 Å². The van der Waals surface area contributed by atoms with Gasteiger partial charge in [0.25, 0.3) is 5.91 Å². The summed E-state index contributed by atoms with van der Waals surface area (Å²) in [5, 5.41) is 14.2. The van der Waals surface area contributed by atoms with Gasteiger partial charge < -0.3 is 15.8 Å². The van der Waals surface area contributed by atoms with Gasteiger partial charge in [0.15, 0.2) is 11.3 Å². The number of primary amides is 1. The zero-order valence-electron chi connectivity index (χ0n) is 13.7. The third-order valence-electron chi connectivity index (χ3n) is 4.03. The molecule has 7 heteroatoms. The van der Waals surface area contributed by atoms with Crippen molar-refractivity contribution in [3.8, 4) is 10.6 Å². The number of amides is 1. The molecule has 6 nitrogen and oxygen atoms in total. The molecule has 0 aliphatic rings. The topological polar surface area (TPSA) is 93.0 Å². The standard InChI is InChI=1S/C19H15N4O2S/c20-17(24)10-23-9-14(13-5-1-2-6-16(13)23)18(25)15-11-26-19(22-15)12-4-3-7-21-8-12/h1-9,11,25H,10H2,(H2,20,24)/q-1. The van der Waals surface area contributed by atoms with Crippen LogP contribution in [0.4, 0.5) is 0 Å². The van der Waals surface area contributed by atoms with Crippen LogP contribution in [-0.2, 0) is 11.3 Å². The fraction of sp³-hybridized carbons (Fsp3) is 0.0526. The molecular formula is C19H15N4O2S-. The molecule has 0 unspecified atom stereocenters. The highest BCUT2D eigenvalue weighted by Gasteiger charge is 2.17. The molecule has 0 saturated heterocycles. The number of rotatable bonds is 5. The van der Waals surface area contributed by atoms with Crippen LogP contribution in [0.1, 0.15) is 11.3 Å². The number of pyridine rings is 1. The minimum absolute atomic E-state index is 0.0474. The van der Waals surface area contributed by atoms with Gasteiger partial charge in [-0.25, -0.2) is 0 Å². The molecule has 1 amide bonds. The third kappa shape index (κ3) is 2.94. The number of nitrogens with zero attached hydrogens (tertiary/aromatic N) is 3. The van der Waals surface area contributed by atoms with Gasteiger partial charge in [-0.2, -0.15) is 6.07 Å². The number of carbonyl (C=O) groups excluding carboxylic acids is 1. The Morgan fingerprint density at radius 2 is 2.23 bits per heavy atom. The smallest absolute Gasteiger partial charge is 0.282 e. The quantitative estimate of drug-likeness (QED) is 0.323. The average Bonchev–Trinajstić information content (AvgIpc) is 3.28. The molecule has 1 aromatic carbocycles. The Bertz CT molecular complexity index is 1070. The van der Waals surface area contributed by atoms with Crippen LogP contribution in [0.5, 0.6) is 0 Å². The average molecular weight is 363 g/mol. The van der Waals surface area contributed by atoms with E-state index in [0.29, 0.717) is 11.3 Å². The second-order valence-corrected chi connectivity index (χ2v) is 6.64. The van der Waals surface area contributed by atoms with Crippen LogP contribution in [0, 0.1) is 6.10 Å². The van der Waals surface area contributed by atoms with Crippen LogP contribution in [0.25, 0.3) is 21.5 Å². The van der Waals surface area contributed by atoms with Crippen molar-refractivity contribution in [1.82, 2.24) is 9.97 Å². The Labute approximate surface area is 153 Å². The summed E-state index contributed by atoms with van der Waals surface area (Å²) >= 11 is 1.44. The van der Waals surface area contributed by atoms with Crippen LogP contribution >= 0.6 is 11.3 Å². The first kappa shape index (κ1) is 16.3. The zero-order chi connectivity index (χ0) is 18.1. The highest BCUT2D eigenvalue weighted by Crippen LogP contribution is 2.31. The lowest BCUT2D eigenvalue weighted by molar-refractivity contribution is -0.656. The molecule has 3 N–H and O–H groups in total. The summed E-state index contributed by atoms with van der Waals surface area (Å²) in [5.41, 5.74) is 8.16. The van der Waals surface area contributed by atoms with E-state index >= 15 is 0 Å². The number of aromatic nitrogens is 3. The molecule has 26 heavy (non-hydrogen) atoms. The van der Waals surface area contributed by atoms with E-state index in [1.54, 1.807) is 28.5 Å². The SMILES string of the molecule is NC(=O)C[n+]1cc([C-](O)c2c[s+][c-](-c3cccnc3)n2)c2cccc[c-]21. The van der Waals surface area contributed by atoms with E-state index < -0.39 is 5.91 Å². The maximum absolute atomic E-state index is 11.3. The molecule has 0 saturated carbocycles. The molecule has 0 fully saturated rings. The maximum atomic E-state index is 11.3. The summed E-state index contributed by atoms with van der Waals surface area (Å²) in [6, 6.07) is 11.3. The van der Waals surface area contributed by atoms with Gasteiger partial charge in [0.05, 0.1) is 11.7 Å². The van der Waals surface area contributed by atoms with Crippen molar-refractivity contribution >= 4 is 28.1 Å². The predicted molar refractivity (Wildman–Crippen MR) is 97.7 cm³/mol. The lowest BCUT2D eigenvalue weighted by Crippen LogP contribution is -2.39. The first-order valence-electron chi connectivity index (χ1n) is 7.92. The molecule has 4 aromatic rings. The molecular weight excluding hydrogens is 348 g/mol. The van der Waals surface area contributed by atoms with E-state index in [-0.39, 0.29) is 12.6 Å². The lowest BCUT2D eigenvalue weighted by Gasteiger charge is -2.15. The van der Waals surface area contributed by atoms with Gasteiger partial charge in [0.1, 0.15) is 5.38 Å². The van der Waals surface area contributed by atoms with Crippen molar-refractivity contribution < 1.29 is 14.5 Å². The Morgan fingerprint density at radius 1 is 1.35 bits per heavy atom. The van der Waals surface area contributed by atoms with Gasteiger partial charge in [-0.1, -0.05) is 12.1 Å². The first-order valence-corrected chi connectivity index (χ1v) is 8.80. The summed E-state index contributed by atoms with van der Waals surface area (Å²) in [7, 11) is 0. The number of carbonyl (C=O) groups is 1. The first-order chi connectivity index (χ1) is 12.6. The number of thiazole rings is 1. The van der Waals surface area contributed by atoms with Gasteiger partial charge in [-0.05, 0) is 17.9 Å². The third-order valence-corrected chi connectivity index (χ3v) is 4.92. The zero-order valence-corrected chi connectivity index (χ0v) is 14.5. The fourth-order valence-corrected chi connectivity index (χ4v) is 3.67. The number of hydrogen-bond acceptors (Lipinski definition) is 4. The number of hydrogen-bond donors (Lipinski definition) is 2. The second-order valence-electron chi connectivity index (χ2n) is 5.78. The lowest BCUT2D eigenvalue weighted by atomic mass is 10.1. The largest absolute Gasteiger partial charge is 0.420 e. The van der Waals surface area contributed by atoms with Gasteiger partial charge in [-0.3, -0.25) is 14.3 Å². The molecule has 3 aromatic heterocycles. The molecule has 0 atom stereocenters. The highest BCUT2D eigenvalue weighted by molar-refractivity contribution is 7.13. The van der Waals surface area contributed by atoms with Crippen molar-refractivity contribution in [2.75, 3.05) is 0 Å². The molecule has 0 aliphatic carbocycles. The van der Waals surface area contributed by atoms with Crippen molar-refractivity contribution in [3.63, 3.8) is 0 Å². The van der Waals surface area contributed by atoms with Crippen molar-refractivity contribution in [1.29, 1.82) is 0 Å². The Kier molecular flexibility index (Phi) is 4.16. The van der Waals surface area contributed by atoms with Gasteiger partial charge in [0, 0.05) is 11.9 Å². The van der Waals surface area contributed by atoms with Crippen LogP contribution in [-0.4, -0.2) is 21.0 Å². The Morgan fingerprint density at radius 3 is 3.00 bits per heavy atom. The summed E-state index contributed by atoms with van der Waals surface area (Å²) in [4.78, 5) is 20.0. The van der Waals surface area contributed by atoms with E-state index in [1.807, 2.05) is 36.4 Å². The van der Waals surface area contributed by atoms with Crippen LogP contribution < -0.4 is 10.3 Å². The van der Waals surface area contributed by atoms with Crippen molar-refractivity contribution in [2.45, 2.75) is 6.54 Å². The van der Waals surface area contributed by atoms with E-state index in [0.717, 1.165) is 21.5 Å². The van der Waals surface area contributed by atoms with Gasteiger partial charge >= 0.3 is 0 Å². The normalized spacial score (nSPS) is 11.0. The van der Waals surface area contributed by atoms with E-state index in [1.165, 1.54) is 11.3 Å². The fourth-order valence-electron chi connectivity index (χ4n) is 2.88. The van der Waals surface area contributed by atoms with Gasteiger partial charge in [-0.15, -0.1) is 29.1 Å². The molecule has 0 aliphatic heterocycles. The Hall–Kier alpha value is -3.16. The van der Waals surface area contributed by atoms with Crippen molar-refractivity contribution in [3.05, 3.63) is 77.7 Å². The van der Waals surface area contributed by atoms with Crippen LogP contribution in [0.3, 0.4) is 0 Å².